The number of nitrogens with one attached hydrogen (secondary N) is 1. The van der Waals surface area contributed by atoms with Crippen LogP contribution in [-0.2, 0) is 4.79 Å². The van der Waals surface area contributed by atoms with Crippen molar-refractivity contribution in [2.75, 3.05) is 6.54 Å². The number of carbonyl (C=O) groups is 2. The monoisotopic (exact) mass is 262 g/mol. The number of nitrogens with zero attached hydrogens (tertiary/aromatic N) is 1. The van der Waals surface area contributed by atoms with Crippen molar-refractivity contribution >= 4 is 12.0 Å². The first-order valence-electron chi connectivity index (χ1n) is 6.48. The molecule has 0 spiro atoms. The molecule has 0 aromatic heterocycles. The minimum Gasteiger partial charge on any atom is -0.479 e. The Balaban J connectivity index is 2.08. The first-order valence-corrected chi connectivity index (χ1v) is 6.48. The van der Waals surface area contributed by atoms with Crippen LogP contribution >= 0.6 is 0 Å². The Morgan fingerprint density at radius 2 is 2.00 bits per heavy atom. The van der Waals surface area contributed by atoms with E-state index in [4.69, 9.17) is 0 Å². The van der Waals surface area contributed by atoms with E-state index in [1.54, 1.807) is 29.2 Å². The van der Waals surface area contributed by atoms with Crippen LogP contribution in [0.5, 0.6) is 0 Å². The van der Waals surface area contributed by atoms with Crippen LogP contribution in [0.25, 0.3) is 0 Å². The van der Waals surface area contributed by atoms with Gasteiger partial charge in [0, 0.05) is 12.6 Å². The number of amides is 2. The third-order valence-corrected chi connectivity index (χ3v) is 3.24. The van der Waals surface area contributed by atoms with Crippen LogP contribution in [-0.4, -0.2) is 34.6 Å². The Morgan fingerprint density at radius 3 is 2.47 bits per heavy atom. The van der Waals surface area contributed by atoms with Gasteiger partial charge in [0.15, 0.2) is 6.04 Å². The number of benzene rings is 1. The number of hydrogen-bond acceptors (Lipinski definition) is 2. The van der Waals surface area contributed by atoms with E-state index in [1.807, 2.05) is 13.0 Å². The van der Waals surface area contributed by atoms with Crippen molar-refractivity contribution in [1.82, 2.24) is 10.2 Å². The van der Waals surface area contributed by atoms with Gasteiger partial charge in [0.25, 0.3) is 0 Å². The topological polar surface area (TPSA) is 69.6 Å². The van der Waals surface area contributed by atoms with Crippen LogP contribution in [0.3, 0.4) is 0 Å². The zero-order chi connectivity index (χ0) is 13.8. The number of urea groups is 1. The van der Waals surface area contributed by atoms with E-state index in [0.29, 0.717) is 12.1 Å². The number of hydrogen-bond donors (Lipinski definition) is 2. The summed E-state index contributed by atoms with van der Waals surface area (Å²) in [4.78, 5) is 25.1. The van der Waals surface area contributed by atoms with Gasteiger partial charge in [0.1, 0.15) is 0 Å². The Morgan fingerprint density at radius 1 is 1.37 bits per heavy atom. The first-order chi connectivity index (χ1) is 9.13. The molecule has 2 rings (SSSR count). The highest BCUT2D eigenvalue weighted by Gasteiger charge is 2.33. The molecule has 0 unspecified atom stereocenters. The third kappa shape index (κ3) is 3.24. The molecule has 19 heavy (non-hydrogen) atoms. The van der Waals surface area contributed by atoms with Gasteiger partial charge in [0.05, 0.1) is 0 Å². The van der Waals surface area contributed by atoms with Gasteiger partial charge in [-0.2, -0.15) is 0 Å². The van der Waals surface area contributed by atoms with Gasteiger partial charge in [-0.3, -0.25) is 0 Å². The van der Waals surface area contributed by atoms with Crippen molar-refractivity contribution in [1.29, 1.82) is 0 Å². The summed E-state index contributed by atoms with van der Waals surface area (Å²) in [6, 6.07) is 7.70. The standard InChI is InChI=1S/C14H18N2O3/c1-2-16(11-8-9-11)14(19)15-12(13(17)18)10-6-4-3-5-7-10/h3-7,11-12H,2,8-9H2,1H3,(H,15,19)(H,17,18)/t12-/m0/s1. The average molecular weight is 262 g/mol. The lowest BCUT2D eigenvalue weighted by atomic mass is 10.1. The fourth-order valence-electron chi connectivity index (χ4n) is 2.09. The van der Waals surface area contributed by atoms with Crippen LogP contribution < -0.4 is 5.32 Å². The summed E-state index contributed by atoms with van der Waals surface area (Å²) < 4.78 is 0. The molecule has 1 aliphatic carbocycles. The van der Waals surface area contributed by atoms with E-state index in [0.717, 1.165) is 12.8 Å². The molecule has 0 saturated heterocycles. The van der Waals surface area contributed by atoms with E-state index >= 15 is 0 Å². The molecule has 1 saturated carbocycles. The zero-order valence-electron chi connectivity index (χ0n) is 10.9. The van der Waals surface area contributed by atoms with Crippen LogP contribution in [0.1, 0.15) is 31.4 Å². The quantitative estimate of drug-likeness (QED) is 0.852. The second-order valence-electron chi connectivity index (χ2n) is 4.65. The molecule has 5 heteroatoms. The largest absolute Gasteiger partial charge is 0.479 e. The van der Waals surface area contributed by atoms with Crippen LogP contribution in [0.4, 0.5) is 4.79 Å². The smallest absolute Gasteiger partial charge is 0.330 e. The van der Waals surface area contributed by atoms with Gasteiger partial charge < -0.3 is 15.3 Å². The normalized spacial score (nSPS) is 15.6. The summed E-state index contributed by atoms with van der Waals surface area (Å²) in [5, 5.41) is 11.8. The summed E-state index contributed by atoms with van der Waals surface area (Å²) in [6.07, 6.45) is 2.01. The predicted octanol–water partition coefficient (Wildman–Crippen LogP) is 2.01. The molecule has 1 aromatic carbocycles. The van der Waals surface area contributed by atoms with Crippen molar-refractivity contribution < 1.29 is 14.7 Å². The number of carbonyl (C=O) groups excluding carboxylic acids is 1. The maximum absolute atomic E-state index is 12.1. The molecule has 0 aliphatic heterocycles. The van der Waals surface area contributed by atoms with Gasteiger partial charge in [-0.05, 0) is 25.3 Å². The molecule has 1 atom stereocenters. The van der Waals surface area contributed by atoms with E-state index in [1.165, 1.54) is 0 Å². The average Bonchev–Trinajstić information content (AvgIpc) is 3.22. The molecule has 2 N–H and O–H groups in total. The highest BCUT2D eigenvalue weighted by Crippen LogP contribution is 2.27. The highest BCUT2D eigenvalue weighted by atomic mass is 16.4. The van der Waals surface area contributed by atoms with Crippen molar-refractivity contribution in [3.05, 3.63) is 35.9 Å². The van der Waals surface area contributed by atoms with Crippen molar-refractivity contribution in [3.63, 3.8) is 0 Å². The minimum absolute atomic E-state index is 0.273. The SMILES string of the molecule is CCN(C(=O)N[C@H](C(=O)O)c1ccccc1)C1CC1. The summed E-state index contributed by atoms with van der Waals surface area (Å²) in [6.45, 7) is 2.49. The van der Waals surface area contributed by atoms with Crippen LogP contribution in [0.15, 0.2) is 30.3 Å². The third-order valence-electron chi connectivity index (χ3n) is 3.24. The minimum atomic E-state index is -1.05. The lowest BCUT2D eigenvalue weighted by Crippen LogP contribution is -2.44. The number of carboxylic acids is 1. The van der Waals surface area contributed by atoms with Gasteiger partial charge >= 0.3 is 12.0 Å². The molecule has 102 valence electrons. The van der Waals surface area contributed by atoms with E-state index < -0.39 is 12.0 Å². The Hall–Kier alpha value is -2.04. The summed E-state index contributed by atoms with van der Waals surface area (Å²) in [5.41, 5.74) is 0.579. The molecule has 0 heterocycles. The molecule has 1 fully saturated rings. The molecule has 1 aromatic rings. The van der Waals surface area contributed by atoms with Crippen LogP contribution in [0, 0.1) is 0 Å². The van der Waals surface area contributed by atoms with Crippen molar-refractivity contribution in [3.8, 4) is 0 Å². The second-order valence-corrected chi connectivity index (χ2v) is 4.65. The molecule has 1 aliphatic rings. The van der Waals surface area contributed by atoms with E-state index in [9.17, 15) is 14.7 Å². The highest BCUT2D eigenvalue weighted by molar-refractivity contribution is 5.84. The fourth-order valence-corrected chi connectivity index (χ4v) is 2.09. The molecule has 0 radical (unpaired) electrons. The molecule has 2 amide bonds. The zero-order valence-corrected chi connectivity index (χ0v) is 10.9. The maximum Gasteiger partial charge on any atom is 0.330 e. The predicted molar refractivity (Wildman–Crippen MR) is 70.8 cm³/mol. The maximum atomic E-state index is 12.1. The summed E-state index contributed by atoms with van der Waals surface area (Å²) in [5.74, 6) is -1.05. The number of rotatable bonds is 5. The van der Waals surface area contributed by atoms with E-state index in [2.05, 4.69) is 5.32 Å². The lowest BCUT2D eigenvalue weighted by molar-refractivity contribution is -0.139. The van der Waals surface area contributed by atoms with Gasteiger partial charge in [-0.15, -0.1) is 0 Å². The Labute approximate surface area is 112 Å². The van der Waals surface area contributed by atoms with Crippen LogP contribution in [0.2, 0.25) is 0 Å². The van der Waals surface area contributed by atoms with Crippen molar-refractivity contribution in [2.45, 2.75) is 31.8 Å². The summed E-state index contributed by atoms with van der Waals surface area (Å²) >= 11 is 0. The molecule has 5 nitrogen and oxygen atoms in total. The molecule has 0 bridgehead atoms. The van der Waals surface area contributed by atoms with Gasteiger partial charge in [-0.25, -0.2) is 9.59 Å². The Kier molecular flexibility index (Phi) is 4.04. The number of aliphatic carboxylic acids is 1. The summed E-state index contributed by atoms with van der Waals surface area (Å²) in [7, 11) is 0. The van der Waals surface area contributed by atoms with Crippen molar-refractivity contribution in [2.24, 2.45) is 0 Å². The Bertz CT molecular complexity index is 457. The molecular weight excluding hydrogens is 244 g/mol. The van der Waals surface area contributed by atoms with Gasteiger partial charge in [-0.1, -0.05) is 30.3 Å². The first kappa shape index (κ1) is 13.4. The molecular formula is C14H18N2O3. The lowest BCUT2D eigenvalue weighted by Gasteiger charge is -2.23. The fraction of sp³-hybridized carbons (Fsp3) is 0.429. The van der Waals surface area contributed by atoms with E-state index in [-0.39, 0.29) is 12.1 Å². The second kappa shape index (κ2) is 5.73. The van der Waals surface area contributed by atoms with Gasteiger partial charge in [0.2, 0.25) is 0 Å². The number of carboxylic acid groups (broad SMARTS) is 1.